The van der Waals surface area contributed by atoms with Crippen molar-refractivity contribution >= 4 is 29.2 Å². The van der Waals surface area contributed by atoms with Gasteiger partial charge < -0.3 is 19.5 Å². The van der Waals surface area contributed by atoms with E-state index in [0.29, 0.717) is 23.6 Å². The Balaban J connectivity index is 2.10. The lowest BCUT2D eigenvalue weighted by Gasteiger charge is -2.19. The Labute approximate surface area is 163 Å². The van der Waals surface area contributed by atoms with Gasteiger partial charge in [0, 0.05) is 5.69 Å². The van der Waals surface area contributed by atoms with Crippen molar-refractivity contribution in [2.24, 2.45) is 0 Å². The summed E-state index contributed by atoms with van der Waals surface area (Å²) in [4.78, 5) is 24.4. The first kappa shape index (κ1) is 20.6. The summed E-state index contributed by atoms with van der Waals surface area (Å²) in [5, 5.41) is 2.95. The fourth-order valence-electron chi connectivity index (χ4n) is 2.38. The number of ether oxygens (including phenoxy) is 3. The highest BCUT2D eigenvalue weighted by molar-refractivity contribution is 6.34. The average molecular weight is 392 g/mol. The molecule has 0 fully saturated rings. The number of amides is 1. The molecule has 0 aliphatic carbocycles. The van der Waals surface area contributed by atoms with Crippen LogP contribution in [0.5, 0.6) is 11.5 Å². The molecule has 2 aromatic carbocycles. The summed E-state index contributed by atoms with van der Waals surface area (Å²) >= 11 is 6.13. The molecular weight excluding hydrogens is 370 g/mol. The number of hydrogen-bond donors (Lipinski definition) is 1. The van der Waals surface area contributed by atoms with E-state index < -0.39 is 12.1 Å². The molecule has 0 heterocycles. The lowest BCUT2D eigenvalue weighted by atomic mass is 10.2. The summed E-state index contributed by atoms with van der Waals surface area (Å²) in [5.41, 5.74) is 0.703. The second-order valence-electron chi connectivity index (χ2n) is 5.57. The number of rotatable bonds is 8. The molecule has 2 rings (SSSR count). The molecule has 1 atom stereocenters. The molecule has 27 heavy (non-hydrogen) atoms. The Hall–Kier alpha value is -2.73. The van der Waals surface area contributed by atoms with E-state index in [-0.39, 0.29) is 23.1 Å². The zero-order valence-electron chi connectivity index (χ0n) is 15.5. The van der Waals surface area contributed by atoms with Gasteiger partial charge in [-0.15, -0.1) is 0 Å². The third kappa shape index (κ3) is 5.37. The van der Waals surface area contributed by atoms with E-state index in [0.717, 1.165) is 0 Å². The number of carbonyl (C=O) groups excluding carboxylic acids is 2. The first-order chi connectivity index (χ1) is 13.0. The van der Waals surface area contributed by atoms with Crippen molar-refractivity contribution in [3.63, 3.8) is 0 Å². The Morgan fingerprint density at radius 2 is 1.81 bits per heavy atom. The molecule has 0 spiro atoms. The summed E-state index contributed by atoms with van der Waals surface area (Å²) in [7, 11) is 1.54. The first-order valence-corrected chi connectivity index (χ1v) is 8.95. The third-order valence-electron chi connectivity index (χ3n) is 3.73. The van der Waals surface area contributed by atoms with Gasteiger partial charge >= 0.3 is 5.97 Å². The molecule has 0 radical (unpaired) electrons. The molecular formula is C20H22ClNO5. The van der Waals surface area contributed by atoms with Crippen molar-refractivity contribution in [3.8, 4) is 11.5 Å². The van der Waals surface area contributed by atoms with Gasteiger partial charge in [-0.25, -0.2) is 4.79 Å². The van der Waals surface area contributed by atoms with Gasteiger partial charge in [0.2, 0.25) is 0 Å². The fourth-order valence-corrected chi connectivity index (χ4v) is 2.64. The third-order valence-corrected chi connectivity index (χ3v) is 4.05. The van der Waals surface area contributed by atoms with Crippen LogP contribution in [0.3, 0.4) is 0 Å². The molecule has 6 nitrogen and oxygen atoms in total. The largest absolute Gasteiger partial charge is 0.493 e. The van der Waals surface area contributed by atoms with Gasteiger partial charge in [0.1, 0.15) is 0 Å². The van der Waals surface area contributed by atoms with Crippen LogP contribution in [0, 0.1) is 0 Å². The van der Waals surface area contributed by atoms with Crippen LogP contribution in [-0.2, 0) is 9.53 Å². The van der Waals surface area contributed by atoms with E-state index in [1.54, 1.807) is 31.2 Å². The Morgan fingerprint density at radius 3 is 2.41 bits per heavy atom. The molecule has 1 unspecified atom stereocenters. The van der Waals surface area contributed by atoms with Crippen LogP contribution in [0.1, 0.15) is 30.6 Å². The normalized spacial score (nSPS) is 11.4. The van der Waals surface area contributed by atoms with E-state index >= 15 is 0 Å². The lowest BCUT2D eigenvalue weighted by Crippen LogP contribution is -2.32. The van der Waals surface area contributed by atoms with Crippen LogP contribution in [-0.4, -0.2) is 31.7 Å². The molecule has 1 amide bonds. The van der Waals surface area contributed by atoms with E-state index in [2.05, 4.69) is 5.32 Å². The van der Waals surface area contributed by atoms with Gasteiger partial charge in [-0.05, 0) is 43.7 Å². The maximum atomic E-state index is 12.6. The van der Waals surface area contributed by atoms with Gasteiger partial charge in [-0.1, -0.05) is 30.7 Å². The summed E-state index contributed by atoms with van der Waals surface area (Å²) < 4.78 is 16.0. The number of carbonyl (C=O) groups is 2. The molecule has 0 aliphatic rings. The first-order valence-electron chi connectivity index (χ1n) is 8.57. The highest BCUT2D eigenvalue weighted by Crippen LogP contribution is 2.28. The highest BCUT2D eigenvalue weighted by atomic mass is 35.5. The second kappa shape index (κ2) is 9.83. The molecule has 0 aromatic heterocycles. The van der Waals surface area contributed by atoms with Crippen molar-refractivity contribution in [1.29, 1.82) is 0 Å². The van der Waals surface area contributed by atoms with Crippen LogP contribution in [0.4, 0.5) is 5.69 Å². The number of anilines is 1. The van der Waals surface area contributed by atoms with Crippen LogP contribution in [0.15, 0.2) is 42.5 Å². The van der Waals surface area contributed by atoms with Gasteiger partial charge in [0.05, 0.1) is 24.3 Å². The van der Waals surface area contributed by atoms with E-state index in [9.17, 15) is 9.59 Å². The molecule has 0 aliphatic heterocycles. The quantitative estimate of drug-likeness (QED) is 0.678. The standard InChI is InChI=1S/C20H22ClNO5/c1-4-16(27-18-9-7-6-8-17(18)25-3)19(23)22-13-10-11-14(15(21)12-13)20(24)26-5-2/h6-12,16H,4-5H2,1-3H3,(H,22,23). The van der Waals surface area contributed by atoms with Crippen LogP contribution in [0.2, 0.25) is 5.02 Å². The van der Waals surface area contributed by atoms with E-state index in [1.165, 1.54) is 19.2 Å². The predicted molar refractivity (Wildman–Crippen MR) is 104 cm³/mol. The number of halogens is 1. The SMILES string of the molecule is CCOC(=O)c1ccc(NC(=O)C(CC)Oc2ccccc2OC)cc1Cl. The predicted octanol–water partition coefficient (Wildman–Crippen LogP) is 4.32. The maximum Gasteiger partial charge on any atom is 0.339 e. The fraction of sp³-hybridized carbons (Fsp3) is 0.300. The molecule has 144 valence electrons. The monoisotopic (exact) mass is 391 g/mol. The summed E-state index contributed by atoms with van der Waals surface area (Å²) in [6.07, 6.45) is -0.261. The molecule has 1 N–H and O–H groups in total. The van der Waals surface area contributed by atoms with Gasteiger partial charge in [0.15, 0.2) is 17.6 Å². The van der Waals surface area contributed by atoms with Crippen molar-refractivity contribution in [3.05, 3.63) is 53.1 Å². The molecule has 0 bridgehead atoms. The molecule has 2 aromatic rings. The van der Waals surface area contributed by atoms with Crippen LogP contribution in [0.25, 0.3) is 0 Å². The summed E-state index contributed by atoms with van der Waals surface area (Å²) in [6.45, 7) is 3.82. The highest BCUT2D eigenvalue weighted by Gasteiger charge is 2.21. The van der Waals surface area contributed by atoms with E-state index in [1.807, 2.05) is 13.0 Å². The topological polar surface area (TPSA) is 73.9 Å². The minimum Gasteiger partial charge on any atom is -0.493 e. The zero-order valence-corrected chi connectivity index (χ0v) is 16.2. The van der Waals surface area contributed by atoms with Crippen molar-refractivity contribution in [1.82, 2.24) is 0 Å². The Bertz CT molecular complexity index is 809. The second-order valence-corrected chi connectivity index (χ2v) is 5.98. The number of para-hydroxylation sites is 2. The minimum atomic E-state index is -0.718. The Kier molecular flexibility index (Phi) is 7.49. The van der Waals surface area contributed by atoms with Crippen LogP contribution >= 0.6 is 11.6 Å². The maximum absolute atomic E-state index is 12.6. The zero-order chi connectivity index (χ0) is 19.8. The number of esters is 1. The lowest BCUT2D eigenvalue weighted by molar-refractivity contribution is -0.122. The summed E-state index contributed by atoms with van der Waals surface area (Å²) in [6, 6.07) is 11.7. The minimum absolute atomic E-state index is 0.199. The van der Waals surface area contributed by atoms with Crippen molar-refractivity contribution in [2.75, 3.05) is 19.0 Å². The Morgan fingerprint density at radius 1 is 1.11 bits per heavy atom. The molecule has 0 saturated heterocycles. The van der Waals surface area contributed by atoms with Crippen molar-refractivity contribution < 1.29 is 23.8 Å². The van der Waals surface area contributed by atoms with E-state index in [4.69, 9.17) is 25.8 Å². The molecule has 7 heteroatoms. The number of hydrogen-bond acceptors (Lipinski definition) is 5. The van der Waals surface area contributed by atoms with Crippen LogP contribution < -0.4 is 14.8 Å². The van der Waals surface area contributed by atoms with Gasteiger partial charge in [0.25, 0.3) is 5.91 Å². The average Bonchev–Trinajstić information content (AvgIpc) is 2.66. The van der Waals surface area contributed by atoms with Crippen molar-refractivity contribution in [2.45, 2.75) is 26.4 Å². The van der Waals surface area contributed by atoms with Gasteiger partial charge in [-0.2, -0.15) is 0 Å². The summed E-state index contributed by atoms with van der Waals surface area (Å²) in [5.74, 6) is 0.193. The van der Waals surface area contributed by atoms with Gasteiger partial charge in [-0.3, -0.25) is 4.79 Å². The number of nitrogens with one attached hydrogen (secondary N) is 1. The number of benzene rings is 2. The molecule has 0 saturated carbocycles. The smallest absolute Gasteiger partial charge is 0.339 e. The number of methoxy groups -OCH3 is 1.